The molecule has 0 atom stereocenters. The molecule has 0 spiro atoms. The van der Waals surface area contributed by atoms with Crippen LogP contribution in [0.2, 0.25) is 0 Å². The lowest BCUT2D eigenvalue weighted by Gasteiger charge is -2.34. The number of nitrogens with one attached hydrogen (secondary N) is 2. The van der Waals surface area contributed by atoms with Crippen LogP contribution in [-0.2, 0) is 21.3 Å². The molecule has 1 fully saturated rings. The van der Waals surface area contributed by atoms with E-state index in [0.717, 1.165) is 5.56 Å². The SMILES string of the molecule is CNCc1cccc(S(=O)(=O)NC2(C)CCOCC2)c1. The van der Waals surface area contributed by atoms with E-state index in [2.05, 4.69) is 10.0 Å². The summed E-state index contributed by atoms with van der Waals surface area (Å²) in [5.74, 6) is 0. The first-order valence-corrected chi connectivity index (χ1v) is 8.29. The van der Waals surface area contributed by atoms with Crippen molar-refractivity contribution in [1.29, 1.82) is 0 Å². The lowest BCUT2D eigenvalue weighted by Crippen LogP contribution is -2.49. The van der Waals surface area contributed by atoms with Crippen molar-refractivity contribution in [3.63, 3.8) is 0 Å². The molecule has 1 aromatic rings. The van der Waals surface area contributed by atoms with Crippen molar-refractivity contribution >= 4 is 10.0 Å². The second-order valence-corrected chi connectivity index (χ2v) is 7.14. The first-order chi connectivity index (χ1) is 9.45. The lowest BCUT2D eigenvalue weighted by atomic mass is 9.94. The van der Waals surface area contributed by atoms with E-state index >= 15 is 0 Å². The highest BCUT2D eigenvalue weighted by Crippen LogP contribution is 2.23. The van der Waals surface area contributed by atoms with E-state index < -0.39 is 15.6 Å². The van der Waals surface area contributed by atoms with E-state index in [1.807, 2.05) is 20.0 Å². The molecule has 1 aromatic carbocycles. The monoisotopic (exact) mass is 298 g/mol. The van der Waals surface area contributed by atoms with Gasteiger partial charge in [0, 0.05) is 25.3 Å². The van der Waals surface area contributed by atoms with Gasteiger partial charge in [-0.2, -0.15) is 0 Å². The molecular weight excluding hydrogens is 276 g/mol. The number of sulfonamides is 1. The molecule has 6 heteroatoms. The molecule has 20 heavy (non-hydrogen) atoms. The molecule has 2 rings (SSSR count). The molecule has 0 unspecified atom stereocenters. The fourth-order valence-electron chi connectivity index (χ4n) is 2.33. The lowest BCUT2D eigenvalue weighted by molar-refractivity contribution is 0.0537. The molecule has 1 heterocycles. The van der Waals surface area contributed by atoms with Gasteiger partial charge in [-0.25, -0.2) is 13.1 Å². The smallest absolute Gasteiger partial charge is 0.241 e. The second kappa shape index (κ2) is 6.22. The third kappa shape index (κ3) is 3.79. The zero-order chi connectivity index (χ0) is 14.6. The Morgan fingerprint density at radius 1 is 1.30 bits per heavy atom. The van der Waals surface area contributed by atoms with Gasteiger partial charge in [-0.15, -0.1) is 0 Å². The van der Waals surface area contributed by atoms with Crippen molar-refractivity contribution in [3.8, 4) is 0 Å². The normalized spacial score (nSPS) is 18.9. The molecule has 2 N–H and O–H groups in total. The van der Waals surface area contributed by atoms with Crippen LogP contribution < -0.4 is 10.0 Å². The quantitative estimate of drug-likeness (QED) is 0.858. The topological polar surface area (TPSA) is 67.4 Å². The molecule has 0 aromatic heterocycles. The summed E-state index contributed by atoms with van der Waals surface area (Å²) in [6.07, 6.45) is 1.39. The Morgan fingerprint density at radius 3 is 2.65 bits per heavy atom. The molecule has 0 amide bonds. The van der Waals surface area contributed by atoms with Gasteiger partial charge < -0.3 is 10.1 Å². The summed E-state index contributed by atoms with van der Waals surface area (Å²) in [4.78, 5) is 0.318. The van der Waals surface area contributed by atoms with Crippen LogP contribution in [0.15, 0.2) is 29.2 Å². The van der Waals surface area contributed by atoms with Crippen molar-refractivity contribution in [1.82, 2.24) is 10.0 Å². The summed E-state index contributed by atoms with van der Waals surface area (Å²) in [5, 5.41) is 3.02. The first-order valence-electron chi connectivity index (χ1n) is 6.80. The predicted molar refractivity (Wildman–Crippen MR) is 78.0 cm³/mol. The first kappa shape index (κ1) is 15.4. The van der Waals surface area contributed by atoms with Crippen LogP contribution in [0.4, 0.5) is 0 Å². The molecule has 0 saturated carbocycles. The average molecular weight is 298 g/mol. The Kier molecular flexibility index (Phi) is 4.80. The number of benzene rings is 1. The Balaban J connectivity index is 2.19. The van der Waals surface area contributed by atoms with E-state index in [-0.39, 0.29) is 0 Å². The fourth-order valence-corrected chi connectivity index (χ4v) is 3.87. The molecule has 112 valence electrons. The summed E-state index contributed by atoms with van der Waals surface area (Å²) in [6.45, 7) is 3.77. The molecule has 1 aliphatic heterocycles. The maximum Gasteiger partial charge on any atom is 0.241 e. The molecule has 1 aliphatic rings. The molecule has 5 nitrogen and oxygen atoms in total. The highest BCUT2D eigenvalue weighted by molar-refractivity contribution is 7.89. The van der Waals surface area contributed by atoms with Crippen LogP contribution in [0.5, 0.6) is 0 Å². The van der Waals surface area contributed by atoms with Crippen LogP contribution >= 0.6 is 0 Å². The number of rotatable bonds is 5. The third-order valence-corrected chi connectivity index (χ3v) is 5.20. The van der Waals surface area contributed by atoms with Gasteiger partial charge in [-0.05, 0) is 44.5 Å². The minimum absolute atomic E-state index is 0.318. The summed E-state index contributed by atoms with van der Waals surface area (Å²) in [7, 11) is -1.66. The second-order valence-electron chi connectivity index (χ2n) is 5.46. The van der Waals surface area contributed by atoms with E-state index in [4.69, 9.17) is 4.74 Å². The molecular formula is C14H22N2O3S. The zero-order valence-corrected chi connectivity index (χ0v) is 12.8. The zero-order valence-electron chi connectivity index (χ0n) is 12.0. The van der Waals surface area contributed by atoms with Crippen LogP contribution in [0.1, 0.15) is 25.3 Å². The van der Waals surface area contributed by atoms with Gasteiger partial charge in [0.1, 0.15) is 0 Å². The van der Waals surface area contributed by atoms with Gasteiger partial charge in [0.05, 0.1) is 4.90 Å². The van der Waals surface area contributed by atoms with Gasteiger partial charge in [-0.1, -0.05) is 12.1 Å². The third-order valence-electron chi connectivity index (χ3n) is 3.57. The average Bonchev–Trinajstić information content (AvgIpc) is 2.39. The minimum atomic E-state index is -3.49. The number of hydrogen-bond donors (Lipinski definition) is 2. The summed E-state index contributed by atoms with van der Waals surface area (Å²) >= 11 is 0. The van der Waals surface area contributed by atoms with Crippen LogP contribution in [-0.4, -0.2) is 34.2 Å². The van der Waals surface area contributed by atoms with Gasteiger partial charge >= 0.3 is 0 Å². The van der Waals surface area contributed by atoms with Crippen molar-refractivity contribution in [3.05, 3.63) is 29.8 Å². The standard InChI is InChI=1S/C14H22N2O3S/c1-14(6-8-19-9-7-14)16-20(17,18)13-5-3-4-12(10-13)11-15-2/h3-5,10,15-16H,6-9,11H2,1-2H3. The van der Waals surface area contributed by atoms with Gasteiger partial charge in [0.2, 0.25) is 10.0 Å². The molecule has 0 bridgehead atoms. The van der Waals surface area contributed by atoms with Gasteiger partial charge in [0.25, 0.3) is 0 Å². The molecule has 0 aliphatic carbocycles. The Bertz CT molecular complexity index is 551. The van der Waals surface area contributed by atoms with Gasteiger partial charge in [-0.3, -0.25) is 0 Å². The van der Waals surface area contributed by atoms with E-state index in [1.54, 1.807) is 18.2 Å². The van der Waals surface area contributed by atoms with Crippen LogP contribution in [0.3, 0.4) is 0 Å². The van der Waals surface area contributed by atoms with Crippen molar-refractivity contribution in [2.24, 2.45) is 0 Å². The van der Waals surface area contributed by atoms with E-state index in [0.29, 0.717) is 37.5 Å². The highest BCUT2D eigenvalue weighted by atomic mass is 32.2. The van der Waals surface area contributed by atoms with Crippen molar-refractivity contribution in [2.45, 2.75) is 36.7 Å². The Hall–Kier alpha value is -0.950. The van der Waals surface area contributed by atoms with Crippen molar-refractivity contribution in [2.75, 3.05) is 20.3 Å². The fraction of sp³-hybridized carbons (Fsp3) is 0.571. The van der Waals surface area contributed by atoms with Crippen molar-refractivity contribution < 1.29 is 13.2 Å². The summed E-state index contributed by atoms with van der Waals surface area (Å²) in [6, 6.07) is 7.02. The Morgan fingerprint density at radius 2 is 2.00 bits per heavy atom. The summed E-state index contributed by atoms with van der Waals surface area (Å²) < 4.78 is 33.1. The van der Waals surface area contributed by atoms with Crippen LogP contribution in [0, 0.1) is 0 Å². The van der Waals surface area contributed by atoms with E-state index in [1.165, 1.54) is 0 Å². The molecule has 1 saturated heterocycles. The van der Waals surface area contributed by atoms with Crippen LogP contribution in [0.25, 0.3) is 0 Å². The molecule has 0 radical (unpaired) electrons. The predicted octanol–water partition coefficient (Wildman–Crippen LogP) is 1.25. The van der Waals surface area contributed by atoms with E-state index in [9.17, 15) is 8.42 Å². The number of hydrogen-bond acceptors (Lipinski definition) is 4. The minimum Gasteiger partial charge on any atom is -0.381 e. The maximum atomic E-state index is 12.5. The Labute approximate surface area is 120 Å². The summed E-state index contributed by atoms with van der Waals surface area (Å²) in [5.41, 5.74) is 0.531. The maximum absolute atomic E-state index is 12.5. The highest BCUT2D eigenvalue weighted by Gasteiger charge is 2.32. The van der Waals surface area contributed by atoms with Gasteiger partial charge in [0.15, 0.2) is 0 Å². The largest absolute Gasteiger partial charge is 0.381 e. The number of ether oxygens (including phenoxy) is 1.